The fraction of sp³-hybridized carbons (Fsp3) is 0.586. The number of sulfonamides is 1. The van der Waals surface area contributed by atoms with Gasteiger partial charge in [-0.15, -0.1) is 11.3 Å². The Morgan fingerprint density at radius 2 is 1.84 bits per heavy atom. The zero-order chi connectivity index (χ0) is 30.0. The molecule has 1 N–H and O–H groups in total. The van der Waals surface area contributed by atoms with Gasteiger partial charge in [0, 0.05) is 69.1 Å². The van der Waals surface area contributed by atoms with Gasteiger partial charge in [-0.25, -0.2) is 23.4 Å². The Balaban J connectivity index is 1.28. The third-order valence-corrected chi connectivity index (χ3v) is 10.0. The highest BCUT2D eigenvalue weighted by atomic mass is 32.2. The maximum Gasteiger partial charge on any atom is 0.238 e. The van der Waals surface area contributed by atoms with E-state index in [1.807, 2.05) is 0 Å². The van der Waals surface area contributed by atoms with Crippen LogP contribution in [0.4, 0.5) is 11.6 Å². The Kier molecular flexibility index (Phi) is 8.98. The zero-order valence-electron chi connectivity index (χ0n) is 24.7. The second-order valence-corrected chi connectivity index (χ2v) is 14.1. The molecule has 43 heavy (non-hydrogen) atoms. The summed E-state index contributed by atoms with van der Waals surface area (Å²) in [5.74, 6) is 1.34. The summed E-state index contributed by atoms with van der Waals surface area (Å²) in [7, 11) is -2.11. The Hall–Kier alpha value is -3.07. The van der Waals surface area contributed by atoms with Crippen LogP contribution in [0, 0.1) is 5.92 Å². The van der Waals surface area contributed by atoms with Crippen molar-refractivity contribution < 1.29 is 22.7 Å². The van der Waals surface area contributed by atoms with Gasteiger partial charge in [0.05, 0.1) is 42.5 Å². The van der Waals surface area contributed by atoms with Crippen molar-refractivity contribution in [2.24, 2.45) is 5.92 Å². The molecule has 1 aliphatic carbocycles. The van der Waals surface area contributed by atoms with E-state index < -0.39 is 10.0 Å². The molecule has 0 radical (unpaired) electrons. The van der Waals surface area contributed by atoms with Crippen molar-refractivity contribution in [3.05, 3.63) is 23.2 Å². The first-order valence-corrected chi connectivity index (χ1v) is 17.7. The minimum Gasteiger partial charge on any atom is -0.480 e. The molecule has 3 fully saturated rings. The minimum absolute atomic E-state index is 0.181. The number of pyridine rings is 1. The van der Waals surface area contributed by atoms with E-state index in [4.69, 9.17) is 19.4 Å². The normalized spacial score (nSPS) is 19.1. The summed E-state index contributed by atoms with van der Waals surface area (Å²) in [6.07, 6.45) is 8.39. The molecule has 0 spiro atoms. The van der Waals surface area contributed by atoms with E-state index in [0.717, 1.165) is 67.6 Å². The summed E-state index contributed by atoms with van der Waals surface area (Å²) in [5.41, 5.74) is 3.60. The summed E-state index contributed by atoms with van der Waals surface area (Å²) in [5, 5.41) is 2.14. The molecule has 0 bridgehead atoms. The number of amides is 1. The lowest BCUT2D eigenvalue weighted by molar-refractivity contribution is -0.138. The number of nitrogens with one attached hydrogen (secondary N) is 1. The lowest BCUT2D eigenvalue weighted by atomic mass is 9.88. The maximum atomic E-state index is 13.1. The van der Waals surface area contributed by atoms with Crippen molar-refractivity contribution >= 4 is 49.1 Å². The first-order valence-electron chi connectivity index (χ1n) is 14.9. The Morgan fingerprint density at radius 1 is 1.09 bits per heavy atom. The van der Waals surface area contributed by atoms with Crippen LogP contribution in [0.1, 0.15) is 37.7 Å². The summed E-state index contributed by atoms with van der Waals surface area (Å²) >= 11 is 1.58. The largest absolute Gasteiger partial charge is 0.480 e. The van der Waals surface area contributed by atoms with Gasteiger partial charge in [0.2, 0.25) is 27.8 Å². The number of nitrogens with zero attached hydrogens (tertiary/aromatic N) is 6. The second kappa shape index (κ2) is 12.9. The quantitative estimate of drug-likeness (QED) is 0.397. The third kappa shape index (κ3) is 6.87. The number of morpholine rings is 1. The highest BCUT2D eigenvalue weighted by Gasteiger charge is 2.29. The number of aromatic nitrogens is 3. The van der Waals surface area contributed by atoms with Crippen molar-refractivity contribution in [2.75, 3.05) is 75.5 Å². The minimum atomic E-state index is -3.56. The van der Waals surface area contributed by atoms with Crippen LogP contribution in [0.3, 0.4) is 0 Å². The number of thiophene rings is 1. The second-order valence-electron chi connectivity index (χ2n) is 11.5. The van der Waals surface area contributed by atoms with Crippen molar-refractivity contribution in [3.63, 3.8) is 0 Å². The molecule has 6 rings (SSSR count). The highest BCUT2D eigenvalue weighted by molar-refractivity contribution is 7.92. The molecule has 5 heterocycles. The first kappa shape index (κ1) is 30.0. The molecular formula is C29H39N7O5S2. The molecule has 2 aliphatic heterocycles. The Labute approximate surface area is 256 Å². The van der Waals surface area contributed by atoms with Gasteiger partial charge < -0.3 is 19.3 Å². The lowest BCUT2D eigenvalue weighted by Crippen LogP contribution is -2.50. The maximum absolute atomic E-state index is 13.1. The Bertz CT molecular complexity index is 1560. The van der Waals surface area contributed by atoms with Crippen LogP contribution in [-0.4, -0.2) is 105 Å². The molecule has 1 saturated carbocycles. The average molecular weight is 630 g/mol. The van der Waals surface area contributed by atoms with Crippen molar-refractivity contribution in [1.82, 2.24) is 24.8 Å². The van der Waals surface area contributed by atoms with E-state index in [-0.39, 0.29) is 17.5 Å². The smallest absolute Gasteiger partial charge is 0.238 e. The summed E-state index contributed by atoms with van der Waals surface area (Å²) in [6.45, 7) is 6.46. The molecule has 0 atom stereocenters. The standard InChI is InChI=1S/C29H39N7O5S2/c1-40-27-23(33-43(2,38)39)16-21(17-30-27)24-26-25(32-29(31-24)36-12-14-41-15-13-36)22(19-42-26)18-34-8-10-35(11-9-34)28(37)20-6-4-3-5-7-20/h16-17,19-20,33H,3-15,18H2,1-2H3. The van der Waals surface area contributed by atoms with Gasteiger partial charge in [0.25, 0.3) is 0 Å². The lowest BCUT2D eigenvalue weighted by Gasteiger charge is -2.37. The summed E-state index contributed by atoms with van der Waals surface area (Å²) < 4.78 is 38.4. The van der Waals surface area contributed by atoms with E-state index in [0.29, 0.717) is 49.4 Å². The number of ether oxygens (including phenoxy) is 2. The number of hydrogen-bond donors (Lipinski definition) is 1. The number of carbonyl (C=O) groups is 1. The molecule has 2 saturated heterocycles. The van der Waals surface area contributed by atoms with Gasteiger partial charge in [0.1, 0.15) is 5.69 Å². The number of carbonyl (C=O) groups excluding carboxylic acids is 1. The van der Waals surface area contributed by atoms with Gasteiger partial charge in [0.15, 0.2) is 0 Å². The van der Waals surface area contributed by atoms with Crippen LogP contribution < -0.4 is 14.4 Å². The SMILES string of the molecule is COc1ncc(-c2nc(N3CCOCC3)nc3c(CN4CCN(C(=O)C5CCCCC5)CC4)csc23)cc1NS(C)(=O)=O. The molecule has 0 unspecified atom stereocenters. The number of fused-ring (bicyclic) bond motifs is 1. The van der Waals surface area contributed by atoms with Crippen LogP contribution in [0.5, 0.6) is 5.88 Å². The van der Waals surface area contributed by atoms with Crippen LogP contribution >= 0.6 is 11.3 Å². The van der Waals surface area contributed by atoms with Crippen LogP contribution in [0.2, 0.25) is 0 Å². The van der Waals surface area contributed by atoms with Gasteiger partial charge in [-0.1, -0.05) is 19.3 Å². The first-order chi connectivity index (χ1) is 20.8. The van der Waals surface area contributed by atoms with E-state index in [2.05, 4.69) is 29.8 Å². The molecule has 3 aliphatic rings. The average Bonchev–Trinajstić information content (AvgIpc) is 3.43. The summed E-state index contributed by atoms with van der Waals surface area (Å²) in [4.78, 5) is 34.1. The summed E-state index contributed by atoms with van der Waals surface area (Å²) in [6, 6.07) is 1.71. The van der Waals surface area contributed by atoms with E-state index in [9.17, 15) is 13.2 Å². The van der Waals surface area contributed by atoms with Gasteiger partial charge in [-0.3, -0.25) is 14.4 Å². The fourth-order valence-corrected chi connectivity index (χ4v) is 7.71. The van der Waals surface area contributed by atoms with Crippen LogP contribution in [-0.2, 0) is 26.1 Å². The van der Waals surface area contributed by atoms with Gasteiger partial charge in [-0.2, -0.15) is 0 Å². The molecule has 14 heteroatoms. The molecule has 3 aromatic rings. The molecule has 3 aromatic heterocycles. The van der Waals surface area contributed by atoms with E-state index in [1.165, 1.54) is 26.4 Å². The van der Waals surface area contributed by atoms with E-state index >= 15 is 0 Å². The monoisotopic (exact) mass is 629 g/mol. The van der Waals surface area contributed by atoms with Gasteiger partial charge in [-0.05, 0) is 24.3 Å². The molecule has 12 nitrogen and oxygen atoms in total. The number of hydrogen-bond acceptors (Lipinski definition) is 11. The fourth-order valence-electron chi connectivity index (χ4n) is 6.16. The van der Waals surface area contributed by atoms with E-state index in [1.54, 1.807) is 23.6 Å². The predicted octanol–water partition coefficient (Wildman–Crippen LogP) is 3.19. The molecular weight excluding hydrogens is 590 g/mol. The number of anilines is 2. The topological polar surface area (TPSA) is 130 Å². The Morgan fingerprint density at radius 3 is 2.53 bits per heavy atom. The molecule has 0 aromatic carbocycles. The van der Waals surface area contributed by atoms with Gasteiger partial charge >= 0.3 is 0 Å². The zero-order valence-corrected chi connectivity index (χ0v) is 26.4. The van der Waals surface area contributed by atoms with Crippen LogP contribution in [0.15, 0.2) is 17.6 Å². The predicted molar refractivity (Wildman–Crippen MR) is 167 cm³/mol. The number of rotatable bonds is 8. The third-order valence-electron chi connectivity index (χ3n) is 8.42. The van der Waals surface area contributed by atoms with Crippen molar-refractivity contribution in [1.29, 1.82) is 0 Å². The molecule has 232 valence electrons. The number of methoxy groups -OCH3 is 1. The number of piperazine rings is 1. The van der Waals surface area contributed by atoms with Crippen molar-refractivity contribution in [3.8, 4) is 17.1 Å². The molecule has 1 amide bonds. The van der Waals surface area contributed by atoms with Crippen LogP contribution in [0.25, 0.3) is 21.5 Å². The van der Waals surface area contributed by atoms with Crippen molar-refractivity contribution in [2.45, 2.75) is 38.6 Å². The highest BCUT2D eigenvalue weighted by Crippen LogP contribution is 2.37.